The lowest BCUT2D eigenvalue weighted by Gasteiger charge is -2.32. The molecule has 2 aromatic heterocycles. The summed E-state index contributed by atoms with van der Waals surface area (Å²) in [7, 11) is 0. The number of nitrogen functional groups attached to an aromatic ring is 1. The van der Waals surface area contributed by atoms with E-state index in [0.717, 1.165) is 43.9 Å². The van der Waals surface area contributed by atoms with E-state index in [9.17, 15) is 13.2 Å². The van der Waals surface area contributed by atoms with Crippen molar-refractivity contribution < 1.29 is 13.2 Å². The van der Waals surface area contributed by atoms with Crippen molar-refractivity contribution in [3.05, 3.63) is 41.2 Å². The number of hydrogen-bond acceptors (Lipinski definition) is 5. The molecule has 1 aliphatic heterocycles. The maximum absolute atomic E-state index is 13.5. The highest BCUT2D eigenvalue weighted by Gasteiger charge is 2.35. The molecule has 5 nitrogen and oxygen atoms in total. The summed E-state index contributed by atoms with van der Waals surface area (Å²) in [6.07, 6.45) is -0.951. The Labute approximate surface area is 170 Å². The fourth-order valence-electron chi connectivity index (χ4n) is 3.79. The van der Waals surface area contributed by atoms with Crippen LogP contribution < -0.4 is 10.6 Å². The van der Waals surface area contributed by atoms with Crippen LogP contribution in [-0.4, -0.2) is 28.0 Å². The first-order chi connectivity index (χ1) is 13.7. The summed E-state index contributed by atoms with van der Waals surface area (Å²) in [5.41, 5.74) is 5.09. The van der Waals surface area contributed by atoms with Crippen LogP contribution in [0.4, 0.5) is 24.8 Å². The predicted molar refractivity (Wildman–Crippen MR) is 108 cm³/mol. The molecule has 1 fully saturated rings. The number of aromatic nitrogens is 3. The maximum atomic E-state index is 13.5. The van der Waals surface area contributed by atoms with Crippen LogP contribution in [0.1, 0.15) is 25.3 Å². The van der Waals surface area contributed by atoms with Crippen LogP contribution in [0.25, 0.3) is 22.2 Å². The van der Waals surface area contributed by atoms with Crippen molar-refractivity contribution in [3.63, 3.8) is 0 Å². The van der Waals surface area contributed by atoms with Crippen molar-refractivity contribution in [1.82, 2.24) is 15.0 Å². The molecule has 1 atom stereocenters. The van der Waals surface area contributed by atoms with E-state index in [4.69, 9.17) is 17.3 Å². The van der Waals surface area contributed by atoms with Crippen LogP contribution in [0, 0.1) is 5.92 Å². The minimum atomic E-state index is -4.59. The van der Waals surface area contributed by atoms with E-state index in [2.05, 4.69) is 26.8 Å². The number of fused-ring (bicyclic) bond motifs is 1. The van der Waals surface area contributed by atoms with Crippen LogP contribution in [-0.2, 0) is 6.18 Å². The van der Waals surface area contributed by atoms with Crippen molar-refractivity contribution in [1.29, 1.82) is 0 Å². The summed E-state index contributed by atoms with van der Waals surface area (Å²) in [6, 6.07) is 5.18. The normalized spacial score (nSPS) is 17.7. The van der Waals surface area contributed by atoms with Crippen LogP contribution >= 0.6 is 11.6 Å². The van der Waals surface area contributed by atoms with Crippen LogP contribution in [0.2, 0.25) is 5.02 Å². The molecular weight excluding hydrogens is 403 g/mol. The van der Waals surface area contributed by atoms with Gasteiger partial charge in [-0.05, 0) is 43.0 Å². The number of hydrogen-bond donors (Lipinski definition) is 1. The van der Waals surface area contributed by atoms with Gasteiger partial charge in [-0.1, -0.05) is 18.5 Å². The summed E-state index contributed by atoms with van der Waals surface area (Å²) in [5.74, 6) is 1.26. The molecule has 0 aliphatic carbocycles. The van der Waals surface area contributed by atoms with Gasteiger partial charge < -0.3 is 10.6 Å². The Morgan fingerprint density at radius 2 is 2.00 bits per heavy atom. The maximum Gasteiger partial charge on any atom is 0.418 e. The Morgan fingerprint density at radius 3 is 2.72 bits per heavy atom. The predicted octanol–water partition coefficient (Wildman–Crippen LogP) is 5.18. The molecule has 1 aromatic carbocycles. The average Bonchev–Trinajstić information content (AvgIpc) is 2.66. The summed E-state index contributed by atoms with van der Waals surface area (Å²) in [4.78, 5) is 14.8. The second-order valence-corrected chi connectivity index (χ2v) is 7.78. The van der Waals surface area contributed by atoms with Gasteiger partial charge in [-0.15, -0.1) is 0 Å². The number of benzene rings is 1. The molecule has 3 aromatic rings. The summed E-state index contributed by atoms with van der Waals surface area (Å²) < 4.78 is 40.5. The fourth-order valence-corrected chi connectivity index (χ4v) is 4.04. The molecule has 4 rings (SSSR count). The zero-order valence-corrected chi connectivity index (χ0v) is 16.4. The zero-order valence-electron chi connectivity index (χ0n) is 15.7. The summed E-state index contributed by atoms with van der Waals surface area (Å²) in [6.45, 7) is 3.91. The van der Waals surface area contributed by atoms with Gasteiger partial charge in [0.25, 0.3) is 0 Å². The number of alkyl halides is 3. The van der Waals surface area contributed by atoms with Crippen molar-refractivity contribution in [2.45, 2.75) is 25.9 Å². The monoisotopic (exact) mass is 421 g/mol. The number of piperidine rings is 1. The Morgan fingerprint density at radius 1 is 1.21 bits per heavy atom. The van der Waals surface area contributed by atoms with Crippen molar-refractivity contribution >= 4 is 34.1 Å². The Balaban J connectivity index is 1.88. The highest BCUT2D eigenvalue weighted by molar-refractivity contribution is 6.34. The van der Waals surface area contributed by atoms with Gasteiger partial charge >= 0.3 is 6.18 Å². The van der Waals surface area contributed by atoms with Crippen LogP contribution in [0.5, 0.6) is 0 Å². The molecule has 29 heavy (non-hydrogen) atoms. The van der Waals surface area contributed by atoms with Gasteiger partial charge in [0.15, 0.2) is 0 Å². The van der Waals surface area contributed by atoms with Gasteiger partial charge in [0.05, 0.1) is 21.8 Å². The fraction of sp³-hybridized carbons (Fsp3) is 0.350. The lowest BCUT2D eigenvalue weighted by atomic mass is 9.99. The van der Waals surface area contributed by atoms with Crippen LogP contribution in [0.15, 0.2) is 30.6 Å². The smallest absolute Gasteiger partial charge is 0.384 e. The van der Waals surface area contributed by atoms with Crippen LogP contribution in [0.3, 0.4) is 0 Å². The molecule has 2 N–H and O–H groups in total. The van der Waals surface area contributed by atoms with Gasteiger partial charge in [-0.3, -0.25) is 0 Å². The molecule has 1 unspecified atom stereocenters. The summed E-state index contributed by atoms with van der Waals surface area (Å²) >= 11 is 6.43. The molecule has 0 bridgehead atoms. The number of pyridine rings is 1. The highest BCUT2D eigenvalue weighted by Crippen LogP contribution is 2.41. The minimum absolute atomic E-state index is 0.0187. The molecule has 9 heteroatoms. The van der Waals surface area contributed by atoms with Crippen molar-refractivity contribution in [3.8, 4) is 11.3 Å². The molecule has 3 heterocycles. The standard InChI is InChI=1S/C20H19ClF3N5/c1-11-3-2-6-29(9-11)19-13-7-15(21)12(8-16(13)26-10-27-19)18-14(20(22,23)24)4-5-17(25)28-18/h4-5,7-8,10-11H,2-3,6,9H2,1H3,(H2,25,28). The number of nitrogens with zero attached hydrogens (tertiary/aromatic N) is 4. The third-order valence-corrected chi connectivity index (χ3v) is 5.45. The number of nitrogens with two attached hydrogens (primary N) is 1. The Bertz CT molecular complexity index is 1070. The lowest BCUT2D eigenvalue weighted by Crippen LogP contribution is -2.35. The van der Waals surface area contributed by atoms with Gasteiger partial charge in [0, 0.05) is 24.0 Å². The molecule has 1 aliphatic rings. The minimum Gasteiger partial charge on any atom is -0.384 e. The second kappa shape index (κ2) is 7.33. The van der Waals surface area contributed by atoms with E-state index in [1.54, 1.807) is 6.07 Å². The first-order valence-corrected chi connectivity index (χ1v) is 9.65. The molecule has 152 valence electrons. The van der Waals surface area contributed by atoms with E-state index in [0.29, 0.717) is 16.8 Å². The third kappa shape index (κ3) is 3.81. The Hall–Kier alpha value is -2.61. The quantitative estimate of drug-likeness (QED) is 0.617. The Kier molecular flexibility index (Phi) is 4.98. The van der Waals surface area contributed by atoms with E-state index in [1.807, 2.05) is 0 Å². The van der Waals surface area contributed by atoms with Gasteiger partial charge in [0.2, 0.25) is 0 Å². The lowest BCUT2D eigenvalue weighted by molar-refractivity contribution is -0.137. The second-order valence-electron chi connectivity index (χ2n) is 7.37. The van der Waals surface area contributed by atoms with Crippen molar-refractivity contribution in [2.24, 2.45) is 5.92 Å². The molecular formula is C20H19ClF3N5. The molecule has 1 saturated heterocycles. The van der Waals surface area contributed by atoms with E-state index in [1.165, 1.54) is 12.4 Å². The number of anilines is 2. The first-order valence-electron chi connectivity index (χ1n) is 9.27. The van der Waals surface area contributed by atoms with E-state index < -0.39 is 11.7 Å². The van der Waals surface area contributed by atoms with E-state index in [-0.39, 0.29) is 22.1 Å². The van der Waals surface area contributed by atoms with Gasteiger partial charge in [0.1, 0.15) is 18.0 Å². The highest BCUT2D eigenvalue weighted by atomic mass is 35.5. The molecule has 0 amide bonds. The van der Waals surface area contributed by atoms with E-state index >= 15 is 0 Å². The van der Waals surface area contributed by atoms with Gasteiger partial charge in [-0.2, -0.15) is 13.2 Å². The average molecular weight is 422 g/mol. The summed E-state index contributed by atoms with van der Waals surface area (Å²) in [5, 5.41) is 0.843. The topological polar surface area (TPSA) is 67.9 Å². The first kappa shape index (κ1) is 19.7. The molecule has 0 radical (unpaired) electrons. The zero-order chi connectivity index (χ0) is 20.8. The SMILES string of the molecule is CC1CCCN(c2ncnc3cc(-c4nc(N)ccc4C(F)(F)F)c(Cl)cc23)C1. The number of halogens is 4. The molecule has 0 spiro atoms. The van der Waals surface area contributed by atoms with Crippen molar-refractivity contribution in [2.75, 3.05) is 23.7 Å². The number of rotatable bonds is 2. The largest absolute Gasteiger partial charge is 0.418 e. The molecule has 0 saturated carbocycles. The third-order valence-electron chi connectivity index (χ3n) is 5.14. The van der Waals surface area contributed by atoms with Gasteiger partial charge in [-0.25, -0.2) is 15.0 Å².